The average molecular weight is 289 g/mol. The fourth-order valence-corrected chi connectivity index (χ4v) is 1.93. The van der Waals surface area contributed by atoms with E-state index in [9.17, 15) is 9.18 Å². The predicted molar refractivity (Wildman–Crippen MR) is 68.2 cm³/mol. The Bertz CT molecular complexity index is 432. The number of hydrogen-bond acceptors (Lipinski definition) is 3. The first-order chi connectivity index (χ1) is 9.13. The Hall–Kier alpha value is -1.37. The molecule has 1 fully saturated rings. The zero-order chi connectivity index (χ0) is 13.7. The van der Waals surface area contributed by atoms with E-state index in [0.29, 0.717) is 6.61 Å². The lowest BCUT2D eigenvalue weighted by Crippen LogP contribution is -2.35. The molecule has 1 aromatic rings. The third kappa shape index (κ3) is 4.66. The Morgan fingerprint density at radius 3 is 2.95 bits per heavy atom. The molecule has 2 amide bonds. The summed E-state index contributed by atoms with van der Waals surface area (Å²) in [5.41, 5.74) is 2.45. The summed E-state index contributed by atoms with van der Waals surface area (Å²) in [5, 5.41) is 2.61. The standard InChI is InChI=1S/C12H14ClFN2O3/c13-8-5-9(14)7-10(6-8)15-12(17)16-19-11-3-1-2-4-18-11/h5-7,11H,1-4H2,(H2,15,16,17)/t11-/m0/s1. The van der Waals surface area contributed by atoms with Crippen molar-refractivity contribution in [1.29, 1.82) is 0 Å². The van der Waals surface area contributed by atoms with Crippen molar-refractivity contribution in [2.75, 3.05) is 11.9 Å². The van der Waals surface area contributed by atoms with E-state index >= 15 is 0 Å². The van der Waals surface area contributed by atoms with Gasteiger partial charge in [0, 0.05) is 23.7 Å². The number of halogens is 2. The lowest BCUT2D eigenvalue weighted by atomic mass is 10.2. The second kappa shape index (κ2) is 6.70. The van der Waals surface area contributed by atoms with Crippen LogP contribution in [0.3, 0.4) is 0 Å². The molecule has 104 valence electrons. The van der Waals surface area contributed by atoms with Crippen LogP contribution in [0.5, 0.6) is 0 Å². The third-order valence-electron chi connectivity index (χ3n) is 2.54. The van der Waals surface area contributed by atoms with Crippen LogP contribution in [-0.2, 0) is 9.57 Å². The molecule has 2 N–H and O–H groups in total. The van der Waals surface area contributed by atoms with Gasteiger partial charge in [0.2, 0.25) is 0 Å². The molecule has 1 aliphatic rings. The van der Waals surface area contributed by atoms with Gasteiger partial charge in [-0.15, -0.1) is 0 Å². The minimum Gasteiger partial charge on any atom is -0.350 e. The fourth-order valence-electron chi connectivity index (χ4n) is 1.71. The SMILES string of the molecule is O=C(NO[C@H]1CCCCO1)Nc1cc(F)cc(Cl)c1. The maximum absolute atomic E-state index is 13.0. The van der Waals surface area contributed by atoms with E-state index in [1.807, 2.05) is 0 Å². The molecule has 0 unspecified atom stereocenters. The van der Waals surface area contributed by atoms with Crippen molar-refractivity contribution >= 4 is 23.3 Å². The van der Waals surface area contributed by atoms with Crippen LogP contribution in [0.1, 0.15) is 19.3 Å². The van der Waals surface area contributed by atoms with E-state index in [-0.39, 0.29) is 10.7 Å². The Kier molecular flexibility index (Phi) is 4.95. The lowest BCUT2D eigenvalue weighted by Gasteiger charge is -2.22. The molecule has 1 saturated heterocycles. The van der Waals surface area contributed by atoms with Gasteiger partial charge in [0.05, 0.1) is 0 Å². The van der Waals surface area contributed by atoms with E-state index in [0.717, 1.165) is 31.4 Å². The van der Waals surface area contributed by atoms with Crippen LogP contribution in [0.2, 0.25) is 5.02 Å². The number of nitrogens with one attached hydrogen (secondary N) is 2. The van der Waals surface area contributed by atoms with Gasteiger partial charge < -0.3 is 10.1 Å². The summed E-state index contributed by atoms with van der Waals surface area (Å²) in [5.74, 6) is -0.528. The summed E-state index contributed by atoms with van der Waals surface area (Å²) in [7, 11) is 0. The van der Waals surface area contributed by atoms with Gasteiger partial charge in [0.25, 0.3) is 0 Å². The van der Waals surface area contributed by atoms with Gasteiger partial charge in [0.1, 0.15) is 5.82 Å². The average Bonchev–Trinajstić information content (AvgIpc) is 2.36. The summed E-state index contributed by atoms with van der Waals surface area (Å²) < 4.78 is 18.3. The van der Waals surface area contributed by atoms with Crippen molar-refractivity contribution in [3.05, 3.63) is 29.0 Å². The molecule has 2 rings (SSSR count). The van der Waals surface area contributed by atoms with Crippen molar-refractivity contribution < 1.29 is 18.8 Å². The molecule has 0 radical (unpaired) electrons. The summed E-state index contributed by atoms with van der Waals surface area (Å²) in [6.45, 7) is 0.619. The minimum atomic E-state index is -0.615. The second-order valence-electron chi connectivity index (χ2n) is 4.13. The van der Waals surface area contributed by atoms with Gasteiger partial charge in [-0.25, -0.2) is 19.5 Å². The topological polar surface area (TPSA) is 59.6 Å². The highest BCUT2D eigenvalue weighted by Crippen LogP contribution is 2.18. The number of ether oxygens (including phenoxy) is 1. The van der Waals surface area contributed by atoms with Gasteiger partial charge >= 0.3 is 6.03 Å². The van der Waals surface area contributed by atoms with Crippen LogP contribution in [0.4, 0.5) is 14.9 Å². The smallest absolute Gasteiger partial charge is 0.343 e. The monoisotopic (exact) mass is 288 g/mol. The number of hydrogen-bond donors (Lipinski definition) is 2. The number of carbonyl (C=O) groups is 1. The van der Waals surface area contributed by atoms with Crippen LogP contribution < -0.4 is 10.8 Å². The van der Waals surface area contributed by atoms with Gasteiger partial charge in [-0.3, -0.25) is 0 Å². The molecule has 0 aromatic heterocycles. The van der Waals surface area contributed by atoms with Crippen molar-refractivity contribution in [1.82, 2.24) is 5.48 Å². The number of carbonyl (C=O) groups excluding carboxylic acids is 1. The Morgan fingerprint density at radius 1 is 1.42 bits per heavy atom. The third-order valence-corrected chi connectivity index (χ3v) is 2.76. The molecule has 0 aliphatic carbocycles. The molecule has 1 atom stereocenters. The molecular weight excluding hydrogens is 275 g/mol. The van der Waals surface area contributed by atoms with E-state index in [2.05, 4.69) is 10.8 Å². The molecule has 1 heterocycles. The van der Waals surface area contributed by atoms with E-state index in [4.69, 9.17) is 21.2 Å². The minimum absolute atomic E-state index is 0.201. The summed E-state index contributed by atoms with van der Waals surface area (Å²) in [4.78, 5) is 16.6. The maximum Gasteiger partial charge on any atom is 0.343 e. The zero-order valence-corrected chi connectivity index (χ0v) is 10.9. The van der Waals surface area contributed by atoms with E-state index in [1.54, 1.807) is 0 Å². The number of urea groups is 1. The maximum atomic E-state index is 13.0. The summed E-state index contributed by atoms with van der Waals surface area (Å²) in [6, 6.07) is 3.12. The first-order valence-corrected chi connectivity index (χ1v) is 6.31. The number of anilines is 1. The molecule has 1 aromatic carbocycles. The van der Waals surface area contributed by atoms with Gasteiger partial charge in [0.15, 0.2) is 6.29 Å². The van der Waals surface area contributed by atoms with Crippen LogP contribution >= 0.6 is 11.6 Å². The molecule has 1 aliphatic heterocycles. The van der Waals surface area contributed by atoms with E-state index in [1.165, 1.54) is 6.07 Å². The van der Waals surface area contributed by atoms with Crippen molar-refractivity contribution in [2.45, 2.75) is 25.6 Å². The highest BCUT2D eigenvalue weighted by molar-refractivity contribution is 6.30. The molecule has 19 heavy (non-hydrogen) atoms. The number of rotatable bonds is 3. The highest BCUT2D eigenvalue weighted by Gasteiger charge is 2.15. The van der Waals surface area contributed by atoms with Crippen LogP contribution in [-0.4, -0.2) is 18.9 Å². The van der Waals surface area contributed by atoms with Crippen molar-refractivity contribution in [3.63, 3.8) is 0 Å². The first kappa shape index (κ1) is 14.0. The lowest BCUT2D eigenvalue weighted by molar-refractivity contribution is -0.185. The van der Waals surface area contributed by atoms with Crippen molar-refractivity contribution in [3.8, 4) is 0 Å². The Morgan fingerprint density at radius 2 is 2.26 bits per heavy atom. The van der Waals surface area contributed by atoms with Gasteiger partial charge in [-0.1, -0.05) is 11.6 Å². The van der Waals surface area contributed by atoms with E-state index < -0.39 is 18.1 Å². The molecule has 0 bridgehead atoms. The summed E-state index contributed by atoms with van der Waals surface area (Å²) >= 11 is 5.67. The first-order valence-electron chi connectivity index (χ1n) is 5.94. The predicted octanol–water partition coefficient (Wildman–Crippen LogP) is 3.06. The van der Waals surface area contributed by atoms with Crippen LogP contribution in [0.25, 0.3) is 0 Å². The molecular formula is C12H14ClFN2O3. The number of hydroxylamine groups is 1. The number of benzene rings is 1. The van der Waals surface area contributed by atoms with Gasteiger partial charge in [-0.2, -0.15) is 0 Å². The normalized spacial score (nSPS) is 18.9. The quantitative estimate of drug-likeness (QED) is 0.841. The Labute approximate surface area is 115 Å². The Balaban J connectivity index is 1.80. The number of amides is 2. The van der Waals surface area contributed by atoms with Crippen molar-refractivity contribution in [2.24, 2.45) is 0 Å². The molecule has 0 spiro atoms. The molecule has 5 nitrogen and oxygen atoms in total. The molecule has 0 saturated carbocycles. The highest BCUT2D eigenvalue weighted by atomic mass is 35.5. The van der Waals surface area contributed by atoms with Gasteiger partial charge in [-0.05, 0) is 31.0 Å². The van der Waals surface area contributed by atoms with Crippen LogP contribution in [0, 0.1) is 5.82 Å². The summed E-state index contributed by atoms with van der Waals surface area (Å²) in [6.07, 6.45) is 2.28. The second-order valence-corrected chi connectivity index (χ2v) is 4.56. The zero-order valence-electron chi connectivity index (χ0n) is 10.1. The largest absolute Gasteiger partial charge is 0.350 e. The fraction of sp³-hybridized carbons (Fsp3) is 0.417. The molecule has 7 heteroatoms. The van der Waals surface area contributed by atoms with Crippen LogP contribution in [0.15, 0.2) is 18.2 Å².